The molecule has 0 aromatic heterocycles. The molecule has 0 aromatic rings. The highest BCUT2D eigenvalue weighted by Gasteiger charge is 2.84. The molecule has 2 spiro atoms. The Balaban J connectivity index is 1.32. The molecular weight excluding hydrogens is 434 g/mol. The van der Waals surface area contributed by atoms with Crippen molar-refractivity contribution in [2.24, 2.45) is 50.7 Å². The van der Waals surface area contributed by atoms with Crippen LogP contribution in [0, 0.1) is 50.7 Å². The molecule has 1 heterocycles. The van der Waals surface area contributed by atoms with E-state index in [0.29, 0.717) is 34.5 Å². The second-order valence-corrected chi connectivity index (χ2v) is 16.3. The number of ether oxygens (including phenoxy) is 1. The Hall–Kier alpha value is -0.160. The van der Waals surface area contributed by atoms with Gasteiger partial charge in [0, 0.05) is 17.5 Å². The summed E-state index contributed by atoms with van der Waals surface area (Å²) >= 11 is 0. The van der Waals surface area contributed by atoms with Crippen LogP contribution < -0.4 is 5.32 Å². The Labute approximate surface area is 214 Å². The quantitative estimate of drug-likeness (QED) is 0.478. The van der Waals surface area contributed by atoms with Gasteiger partial charge in [-0.3, -0.25) is 0 Å². The SMILES string of the molecule is C[C@@H]1CC(CNC(C)(C)C)OC2[C@H]1[C@@]1(C)CC[C@@]34C[C@@]35CC[C@H](O)C(C)(C)[C@@H]5CCC4[C@]1(C)[C@H]2O. The molecule has 0 radical (unpaired) electrons. The minimum absolute atomic E-state index is 0.0154. The summed E-state index contributed by atoms with van der Waals surface area (Å²) in [5, 5.41) is 26.8. The van der Waals surface area contributed by atoms with E-state index in [-0.39, 0.29) is 46.2 Å². The lowest BCUT2D eigenvalue weighted by Crippen LogP contribution is -2.59. The number of aliphatic hydroxyl groups excluding tert-OH is 2. The Morgan fingerprint density at radius 2 is 1.57 bits per heavy atom. The van der Waals surface area contributed by atoms with Crippen LogP contribution in [0.1, 0.15) is 107 Å². The maximum Gasteiger partial charge on any atom is 0.0880 e. The van der Waals surface area contributed by atoms with Gasteiger partial charge < -0.3 is 20.3 Å². The summed E-state index contributed by atoms with van der Waals surface area (Å²) in [5.74, 6) is 2.23. The van der Waals surface area contributed by atoms with Gasteiger partial charge in [-0.05, 0) is 117 Å². The molecule has 3 unspecified atom stereocenters. The monoisotopic (exact) mass is 487 g/mol. The second kappa shape index (κ2) is 7.27. The molecule has 4 heteroatoms. The van der Waals surface area contributed by atoms with E-state index in [1.54, 1.807) is 0 Å². The highest BCUT2D eigenvalue weighted by atomic mass is 16.5. The van der Waals surface area contributed by atoms with Gasteiger partial charge in [0.1, 0.15) is 0 Å². The molecule has 4 nitrogen and oxygen atoms in total. The maximum absolute atomic E-state index is 12.2. The van der Waals surface area contributed by atoms with Gasteiger partial charge in [0.05, 0.1) is 24.4 Å². The van der Waals surface area contributed by atoms with E-state index in [2.05, 4.69) is 60.7 Å². The fraction of sp³-hybridized carbons (Fsp3) is 1.00. The first-order chi connectivity index (χ1) is 16.1. The second-order valence-electron chi connectivity index (χ2n) is 16.3. The van der Waals surface area contributed by atoms with Crippen molar-refractivity contribution in [3.63, 3.8) is 0 Å². The first kappa shape index (κ1) is 25.1. The fourth-order valence-electron chi connectivity index (χ4n) is 11.9. The van der Waals surface area contributed by atoms with Crippen LogP contribution in [0.4, 0.5) is 0 Å². The molecule has 5 saturated carbocycles. The van der Waals surface area contributed by atoms with Gasteiger partial charge in [-0.2, -0.15) is 0 Å². The van der Waals surface area contributed by atoms with Crippen molar-refractivity contribution < 1.29 is 14.9 Å². The zero-order chi connectivity index (χ0) is 25.4. The average molecular weight is 488 g/mol. The van der Waals surface area contributed by atoms with Crippen LogP contribution in [0.15, 0.2) is 0 Å². The van der Waals surface area contributed by atoms with Crippen LogP contribution >= 0.6 is 0 Å². The minimum atomic E-state index is -0.379. The van der Waals surface area contributed by atoms with Crippen LogP contribution in [-0.2, 0) is 4.74 Å². The van der Waals surface area contributed by atoms with Gasteiger partial charge in [-0.25, -0.2) is 0 Å². The van der Waals surface area contributed by atoms with Crippen molar-refractivity contribution >= 4 is 0 Å². The standard InChI is InChI=1S/C31H53NO3/c1-18-15-19(16-32-26(2,3)4)35-24-23(18)28(7)13-14-31-17-30(31)12-11-22(33)27(5,6)20(30)9-10-21(31)29(28,8)25(24)34/h18-25,32-34H,9-17H2,1-8H3/t18-,19?,20+,21?,22+,23+,24?,25+,28-,29-,30-,31+/m1/s1. The minimum Gasteiger partial charge on any atom is -0.393 e. The number of hydrogen-bond acceptors (Lipinski definition) is 4. The lowest BCUT2D eigenvalue weighted by molar-refractivity contribution is -0.182. The van der Waals surface area contributed by atoms with E-state index in [1.165, 1.54) is 38.5 Å². The van der Waals surface area contributed by atoms with E-state index in [0.717, 1.165) is 19.4 Å². The molecular formula is C31H53NO3. The summed E-state index contributed by atoms with van der Waals surface area (Å²) in [6, 6.07) is 0. The fourth-order valence-corrected chi connectivity index (χ4v) is 11.9. The van der Waals surface area contributed by atoms with Crippen molar-refractivity contribution in [3.05, 3.63) is 0 Å². The molecule has 6 fully saturated rings. The third kappa shape index (κ3) is 2.95. The summed E-state index contributed by atoms with van der Waals surface area (Å²) in [4.78, 5) is 0. The number of nitrogens with one attached hydrogen (secondary N) is 1. The van der Waals surface area contributed by atoms with Gasteiger partial charge in [0.25, 0.3) is 0 Å². The van der Waals surface area contributed by atoms with Crippen LogP contribution in [-0.4, -0.2) is 46.7 Å². The highest BCUT2D eigenvalue weighted by molar-refractivity contribution is 5.32. The van der Waals surface area contributed by atoms with Crippen molar-refractivity contribution in [3.8, 4) is 0 Å². The van der Waals surface area contributed by atoms with Crippen LogP contribution in [0.5, 0.6) is 0 Å². The van der Waals surface area contributed by atoms with Crippen molar-refractivity contribution in [1.29, 1.82) is 0 Å². The summed E-state index contributed by atoms with van der Waals surface area (Å²) in [6.45, 7) is 19.7. The zero-order valence-electron chi connectivity index (χ0n) is 23.8. The van der Waals surface area contributed by atoms with Gasteiger partial charge in [-0.1, -0.05) is 34.6 Å². The Morgan fingerprint density at radius 3 is 2.26 bits per heavy atom. The van der Waals surface area contributed by atoms with E-state index < -0.39 is 0 Å². The molecule has 1 saturated heterocycles. The lowest BCUT2D eigenvalue weighted by Gasteiger charge is -2.63. The Kier molecular flexibility index (Phi) is 5.22. The molecule has 200 valence electrons. The molecule has 1 aliphatic heterocycles. The predicted molar refractivity (Wildman–Crippen MR) is 140 cm³/mol. The molecule has 35 heavy (non-hydrogen) atoms. The Bertz CT molecular complexity index is 881. The molecule has 6 rings (SSSR count). The third-order valence-electron chi connectivity index (χ3n) is 13.7. The van der Waals surface area contributed by atoms with E-state index in [4.69, 9.17) is 4.74 Å². The highest BCUT2D eigenvalue weighted by Crippen LogP contribution is 2.89. The average Bonchev–Trinajstić information content (AvgIpc) is 3.40. The van der Waals surface area contributed by atoms with Crippen molar-refractivity contribution in [2.45, 2.75) is 137 Å². The smallest absolute Gasteiger partial charge is 0.0880 e. The molecule has 12 atom stereocenters. The summed E-state index contributed by atoms with van der Waals surface area (Å²) in [7, 11) is 0. The largest absolute Gasteiger partial charge is 0.393 e. The topological polar surface area (TPSA) is 61.7 Å². The summed E-state index contributed by atoms with van der Waals surface area (Å²) in [6.07, 6.45) is 9.19. The van der Waals surface area contributed by atoms with Crippen LogP contribution in [0.25, 0.3) is 0 Å². The first-order valence-corrected chi connectivity index (χ1v) is 14.9. The predicted octanol–water partition coefficient (Wildman–Crippen LogP) is 5.55. The molecule has 6 aliphatic rings. The molecule has 3 N–H and O–H groups in total. The first-order valence-electron chi connectivity index (χ1n) is 14.9. The zero-order valence-corrected chi connectivity index (χ0v) is 23.8. The summed E-state index contributed by atoms with van der Waals surface area (Å²) < 4.78 is 6.84. The van der Waals surface area contributed by atoms with E-state index >= 15 is 0 Å². The van der Waals surface area contributed by atoms with Gasteiger partial charge >= 0.3 is 0 Å². The maximum atomic E-state index is 12.2. The number of fused-ring (bicyclic) bond motifs is 4. The van der Waals surface area contributed by atoms with Gasteiger partial charge in [0.2, 0.25) is 0 Å². The van der Waals surface area contributed by atoms with Crippen LogP contribution in [0.3, 0.4) is 0 Å². The number of rotatable bonds is 2. The molecule has 5 aliphatic carbocycles. The normalized spacial score (nSPS) is 58.5. The van der Waals surface area contributed by atoms with E-state index in [9.17, 15) is 10.2 Å². The van der Waals surface area contributed by atoms with Crippen molar-refractivity contribution in [1.82, 2.24) is 5.32 Å². The molecule has 0 aromatic carbocycles. The van der Waals surface area contributed by atoms with Crippen LogP contribution in [0.2, 0.25) is 0 Å². The van der Waals surface area contributed by atoms with Gasteiger partial charge in [0.15, 0.2) is 0 Å². The van der Waals surface area contributed by atoms with E-state index in [1.807, 2.05) is 0 Å². The van der Waals surface area contributed by atoms with Gasteiger partial charge in [-0.15, -0.1) is 0 Å². The molecule has 0 amide bonds. The molecule has 0 bridgehead atoms. The number of hydrogen-bond donors (Lipinski definition) is 3. The Morgan fingerprint density at radius 1 is 0.914 bits per heavy atom. The summed E-state index contributed by atoms with van der Waals surface area (Å²) in [5.41, 5.74) is 0.928. The number of aliphatic hydroxyl groups is 2. The lowest BCUT2D eigenvalue weighted by atomic mass is 9.41. The third-order valence-corrected chi connectivity index (χ3v) is 13.7. The van der Waals surface area contributed by atoms with Crippen molar-refractivity contribution in [2.75, 3.05) is 6.54 Å².